The molecule has 0 fully saturated rings. The molecule has 0 rings (SSSR count). The molecule has 0 spiro atoms. The summed E-state index contributed by atoms with van der Waals surface area (Å²) in [6.45, 7) is 2.19. The van der Waals surface area contributed by atoms with Crippen LogP contribution in [0.5, 0.6) is 0 Å². The van der Waals surface area contributed by atoms with E-state index in [1.807, 2.05) is 0 Å². The summed E-state index contributed by atoms with van der Waals surface area (Å²) in [5.74, 6) is 0. The monoisotopic (exact) mass is 261 g/mol. The number of hydrogen-bond acceptors (Lipinski definition) is 0. The first-order chi connectivity index (χ1) is 3.77. The molecule has 0 unspecified atom stereocenters. The predicted octanol–water partition coefficient (Wildman–Crippen LogP) is 3.14. The fraction of sp³-hybridized carbons (Fsp3) is 1.00. The van der Waals surface area contributed by atoms with Gasteiger partial charge < -0.3 is 0 Å². The number of rotatable bonds is 4. The van der Waals surface area contributed by atoms with Gasteiger partial charge >= 0.3 is 66.0 Å². The molecule has 0 N–H and O–H groups in total. The Morgan fingerprint density at radius 3 is 2.25 bits per heavy atom. The summed E-state index contributed by atoms with van der Waals surface area (Å²) in [6.07, 6.45) is 3.81. The third-order valence-corrected chi connectivity index (χ3v) is 5.59. The molecule has 0 amide bonds. The number of halogens is 2. The van der Waals surface area contributed by atoms with Gasteiger partial charge in [0, 0.05) is 0 Å². The molecule has 0 aliphatic heterocycles. The first-order valence-electron chi connectivity index (χ1n) is 2.94. The van der Waals surface area contributed by atoms with E-state index in [9.17, 15) is 0 Å². The van der Waals surface area contributed by atoms with Gasteiger partial charge in [0.25, 0.3) is 0 Å². The first-order valence-corrected chi connectivity index (χ1v) is 12.2. The van der Waals surface area contributed by atoms with E-state index in [1.54, 1.807) is 0 Å². The number of unbranched alkanes of at least 4 members (excludes halogenated alkanes) is 2. The van der Waals surface area contributed by atoms with Gasteiger partial charge in [-0.25, -0.2) is 0 Å². The van der Waals surface area contributed by atoms with Crippen LogP contribution >= 0.6 is 17.8 Å². The van der Waals surface area contributed by atoms with Crippen molar-refractivity contribution >= 4 is 35.3 Å². The van der Waals surface area contributed by atoms with Crippen molar-refractivity contribution in [2.75, 3.05) is 0 Å². The summed E-state index contributed by atoms with van der Waals surface area (Å²) >= 11 is -1.72. The molecule has 49 valence electrons. The van der Waals surface area contributed by atoms with Crippen molar-refractivity contribution in [3.05, 3.63) is 0 Å². The molecule has 0 heterocycles. The van der Waals surface area contributed by atoms with Crippen LogP contribution in [0.3, 0.4) is 0 Å². The van der Waals surface area contributed by atoms with E-state index >= 15 is 0 Å². The standard InChI is InChI=1S/C5H11.2ClH.Sn/c1-3-5-4-2;;;/h1,3-5H2,2H3;2*1H;/q;;;+2/p-2. The second-order valence-electron chi connectivity index (χ2n) is 1.80. The molecule has 1 radical (unpaired) electrons. The van der Waals surface area contributed by atoms with E-state index < -0.39 is 17.5 Å². The summed E-state index contributed by atoms with van der Waals surface area (Å²) in [6, 6.07) is 0. The zero-order chi connectivity index (χ0) is 6.41. The Balaban J connectivity index is 2.72. The van der Waals surface area contributed by atoms with Crippen LogP contribution in [0.25, 0.3) is 0 Å². The second kappa shape index (κ2) is 6.50. The number of hydrogen-bond donors (Lipinski definition) is 0. The van der Waals surface area contributed by atoms with Crippen molar-refractivity contribution in [1.29, 1.82) is 0 Å². The summed E-state index contributed by atoms with van der Waals surface area (Å²) in [4.78, 5) is 0. The van der Waals surface area contributed by atoms with E-state index in [2.05, 4.69) is 6.92 Å². The minimum absolute atomic E-state index is 1.14. The van der Waals surface area contributed by atoms with Crippen LogP contribution < -0.4 is 0 Å². The van der Waals surface area contributed by atoms with Gasteiger partial charge in [-0.05, 0) is 0 Å². The van der Waals surface area contributed by atoms with Crippen molar-refractivity contribution < 1.29 is 0 Å². The third-order valence-electron chi connectivity index (χ3n) is 0.969. The zero-order valence-corrected chi connectivity index (χ0v) is 9.45. The van der Waals surface area contributed by atoms with Gasteiger partial charge in [0.2, 0.25) is 0 Å². The third kappa shape index (κ3) is 7.38. The molecule has 0 aromatic heterocycles. The van der Waals surface area contributed by atoms with E-state index in [0.29, 0.717) is 0 Å². The predicted molar refractivity (Wildman–Crippen MR) is 41.8 cm³/mol. The Labute approximate surface area is 65.7 Å². The van der Waals surface area contributed by atoms with Gasteiger partial charge in [0.05, 0.1) is 0 Å². The Kier molecular flexibility index (Phi) is 7.62. The van der Waals surface area contributed by atoms with Gasteiger partial charge in [-0.1, -0.05) is 0 Å². The maximum absolute atomic E-state index is 5.68. The van der Waals surface area contributed by atoms with Gasteiger partial charge in [0.15, 0.2) is 0 Å². The van der Waals surface area contributed by atoms with Crippen molar-refractivity contribution in [3.8, 4) is 0 Å². The summed E-state index contributed by atoms with van der Waals surface area (Å²) in [5, 5.41) is 0. The topological polar surface area (TPSA) is 0 Å². The Hall–Kier alpha value is 1.38. The maximum atomic E-state index is 5.68. The van der Waals surface area contributed by atoms with Gasteiger partial charge in [-0.15, -0.1) is 0 Å². The molecular weight excluding hydrogens is 250 g/mol. The van der Waals surface area contributed by atoms with Crippen molar-refractivity contribution in [2.45, 2.75) is 30.6 Å². The van der Waals surface area contributed by atoms with Crippen LogP contribution in [0.1, 0.15) is 26.2 Å². The summed E-state index contributed by atoms with van der Waals surface area (Å²) < 4.78 is 1.14. The molecule has 0 aromatic carbocycles. The van der Waals surface area contributed by atoms with E-state index in [-0.39, 0.29) is 0 Å². The first kappa shape index (κ1) is 9.38. The molecule has 0 aromatic rings. The average Bonchev–Trinajstić information content (AvgIpc) is 1.66. The van der Waals surface area contributed by atoms with Gasteiger partial charge in [-0.3, -0.25) is 0 Å². The normalized spacial score (nSPS) is 10.5. The van der Waals surface area contributed by atoms with Crippen molar-refractivity contribution in [1.82, 2.24) is 0 Å². The second-order valence-corrected chi connectivity index (χ2v) is 12.6. The van der Waals surface area contributed by atoms with Crippen LogP contribution in [0, 0.1) is 0 Å². The molecule has 8 heavy (non-hydrogen) atoms. The fourth-order valence-corrected chi connectivity index (χ4v) is 3.78. The van der Waals surface area contributed by atoms with E-state index in [1.165, 1.54) is 19.3 Å². The quantitative estimate of drug-likeness (QED) is 0.538. The molecule has 0 bridgehead atoms. The summed E-state index contributed by atoms with van der Waals surface area (Å²) in [7, 11) is 11.4. The molecule has 0 saturated carbocycles. The van der Waals surface area contributed by atoms with E-state index in [4.69, 9.17) is 17.8 Å². The van der Waals surface area contributed by atoms with Crippen LogP contribution in [0.15, 0.2) is 0 Å². The average molecular weight is 261 g/mol. The van der Waals surface area contributed by atoms with Gasteiger partial charge in [0.1, 0.15) is 0 Å². The Bertz CT molecular complexity index is 47.7. The molecule has 0 atom stereocenters. The van der Waals surface area contributed by atoms with Crippen molar-refractivity contribution in [2.24, 2.45) is 0 Å². The van der Waals surface area contributed by atoms with Crippen LogP contribution in [-0.2, 0) is 0 Å². The fourth-order valence-electron chi connectivity index (χ4n) is 0.509. The molecule has 0 nitrogen and oxygen atoms in total. The molecular formula is C5H11Cl2Sn. The van der Waals surface area contributed by atoms with Crippen molar-refractivity contribution in [3.63, 3.8) is 0 Å². The summed E-state index contributed by atoms with van der Waals surface area (Å²) in [5.41, 5.74) is 0. The molecule has 0 aliphatic carbocycles. The zero-order valence-electron chi connectivity index (χ0n) is 5.08. The van der Waals surface area contributed by atoms with Gasteiger partial charge in [-0.2, -0.15) is 0 Å². The van der Waals surface area contributed by atoms with Crippen LogP contribution in [-0.4, -0.2) is 17.5 Å². The van der Waals surface area contributed by atoms with Crippen LogP contribution in [0.4, 0.5) is 0 Å². The SMILES string of the molecule is CCCC[CH2][Sn]([Cl])[Cl]. The van der Waals surface area contributed by atoms with Crippen LogP contribution in [0.2, 0.25) is 4.44 Å². The molecule has 3 heteroatoms. The molecule has 0 saturated heterocycles. The Morgan fingerprint density at radius 2 is 1.88 bits per heavy atom. The minimum atomic E-state index is -1.72. The Morgan fingerprint density at radius 1 is 1.25 bits per heavy atom. The molecule has 0 aliphatic rings. The van der Waals surface area contributed by atoms with E-state index in [0.717, 1.165) is 4.44 Å².